The molecule has 5 heteroatoms. The van der Waals surface area contributed by atoms with Crippen molar-refractivity contribution < 1.29 is 4.74 Å². The summed E-state index contributed by atoms with van der Waals surface area (Å²) in [7, 11) is 0. The zero-order valence-electron chi connectivity index (χ0n) is 10.1. The maximum absolute atomic E-state index is 6.15. The lowest BCUT2D eigenvalue weighted by Gasteiger charge is -2.10. The zero-order valence-corrected chi connectivity index (χ0v) is 10.8. The lowest BCUT2D eigenvalue weighted by molar-refractivity contribution is 0.139. The molecule has 0 aromatic carbocycles. The number of imidazole rings is 1. The summed E-state index contributed by atoms with van der Waals surface area (Å²) in [6, 6.07) is 1.96. The van der Waals surface area contributed by atoms with Gasteiger partial charge in [0.15, 0.2) is 0 Å². The van der Waals surface area contributed by atoms with E-state index in [2.05, 4.69) is 14.5 Å². The molecule has 0 bridgehead atoms. The summed E-state index contributed by atoms with van der Waals surface area (Å²) in [5, 5.41) is -0.121. The smallest absolute Gasteiger partial charge is 0.127 e. The molecule has 0 fully saturated rings. The van der Waals surface area contributed by atoms with E-state index in [1.54, 1.807) is 12.4 Å². The summed E-state index contributed by atoms with van der Waals surface area (Å²) in [4.78, 5) is 8.58. The molecule has 1 unspecified atom stereocenters. The third kappa shape index (κ3) is 2.58. The molecule has 2 rings (SSSR count). The largest absolute Gasteiger partial charge is 0.380 e. The Morgan fingerprint density at radius 1 is 1.53 bits per heavy atom. The van der Waals surface area contributed by atoms with Gasteiger partial charge in [-0.1, -0.05) is 0 Å². The average molecular weight is 254 g/mol. The molecular weight excluding hydrogens is 238 g/mol. The van der Waals surface area contributed by atoms with E-state index in [9.17, 15) is 0 Å². The maximum atomic E-state index is 6.15. The van der Waals surface area contributed by atoms with Crippen LogP contribution >= 0.6 is 11.6 Å². The van der Waals surface area contributed by atoms with Crippen LogP contribution in [0.2, 0.25) is 0 Å². The molecule has 4 nitrogen and oxygen atoms in total. The lowest BCUT2D eigenvalue weighted by atomic mass is 10.4. The van der Waals surface area contributed by atoms with E-state index in [1.165, 1.54) is 0 Å². The van der Waals surface area contributed by atoms with E-state index in [4.69, 9.17) is 16.3 Å². The Kier molecular flexibility index (Phi) is 3.97. The number of hydrogen-bond donors (Lipinski definition) is 0. The fourth-order valence-corrected chi connectivity index (χ4v) is 2.01. The van der Waals surface area contributed by atoms with Crippen molar-refractivity contribution >= 4 is 22.6 Å². The van der Waals surface area contributed by atoms with E-state index in [1.807, 2.05) is 19.9 Å². The van der Waals surface area contributed by atoms with Gasteiger partial charge in [0, 0.05) is 19.3 Å². The average Bonchev–Trinajstić information content (AvgIpc) is 2.69. The Bertz CT molecular complexity index is 495. The number of rotatable bonds is 5. The zero-order chi connectivity index (χ0) is 12.3. The van der Waals surface area contributed by atoms with Crippen LogP contribution in [0.5, 0.6) is 0 Å². The van der Waals surface area contributed by atoms with Crippen LogP contribution in [-0.2, 0) is 11.3 Å². The predicted molar refractivity (Wildman–Crippen MR) is 68.3 cm³/mol. The van der Waals surface area contributed by atoms with Gasteiger partial charge in [-0.2, -0.15) is 0 Å². The molecule has 1 atom stereocenters. The Balaban J connectivity index is 2.37. The molecule has 2 aromatic rings. The number of halogens is 1. The van der Waals surface area contributed by atoms with Crippen LogP contribution in [0, 0.1) is 0 Å². The van der Waals surface area contributed by atoms with Crippen LogP contribution in [-0.4, -0.2) is 27.7 Å². The van der Waals surface area contributed by atoms with Crippen molar-refractivity contribution in [1.82, 2.24) is 14.5 Å². The SMILES string of the molecule is CCOCCn1c(C(C)Cl)nc2cnccc21. The Labute approximate surface area is 106 Å². The van der Waals surface area contributed by atoms with E-state index in [0.717, 1.165) is 30.0 Å². The first kappa shape index (κ1) is 12.3. The van der Waals surface area contributed by atoms with Crippen molar-refractivity contribution in [2.24, 2.45) is 0 Å². The normalized spacial score (nSPS) is 13.1. The van der Waals surface area contributed by atoms with E-state index < -0.39 is 0 Å². The Hall–Kier alpha value is -1.13. The first-order chi connectivity index (χ1) is 8.24. The number of pyridine rings is 1. The highest BCUT2D eigenvalue weighted by Crippen LogP contribution is 2.23. The number of fused-ring (bicyclic) bond motifs is 1. The van der Waals surface area contributed by atoms with Gasteiger partial charge in [0.05, 0.1) is 23.7 Å². The number of nitrogens with zero attached hydrogens (tertiary/aromatic N) is 3. The van der Waals surface area contributed by atoms with Crippen LogP contribution in [0.25, 0.3) is 11.0 Å². The van der Waals surface area contributed by atoms with Gasteiger partial charge in [0.25, 0.3) is 0 Å². The third-order valence-corrected chi connectivity index (χ3v) is 2.79. The fraction of sp³-hybridized carbons (Fsp3) is 0.500. The van der Waals surface area contributed by atoms with Crippen molar-refractivity contribution in [3.63, 3.8) is 0 Å². The number of ether oxygens (including phenoxy) is 1. The van der Waals surface area contributed by atoms with Crippen LogP contribution in [0.15, 0.2) is 18.5 Å². The van der Waals surface area contributed by atoms with E-state index in [-0.39, 0.29) is 5.38 Å². The third-order valence-electron chi connectivity index (χ3n) is 2.60. The quantitative estimate of drug-likeness (QED) is 0.608. The predicted octanol–water partition coefficient (Wildman–Crippen LogP) is 2.77. The van der Waals surface area contributed by atoms with Gasteiger partial charge in [-0.05, 0) is 19.9 Å². The van der Waals surface area contributed by atoms with Crippen LogP contribution in [0.4, 0.5) is 0 Å². The van der Waals surface area contributed by atoms with Crippen LogP contribution < -0.4 is 0 Å². The minimum Gasteiger partial charge on any atom is -0.380 e. The summed E-state index contributed by atoms with van der Waals surface area (Å²) < 4.78 is 7.48. The minimum absolute atomic E-state index is 0.121. The molecule has 0 amide bonds. The topological polar surface area (TPSA) is 39.9 Å². The van der Waals surface area contributed by atoms with Gasteiger partial charge < -0.3 is 9.30 Å². The first-order valence-corrected chi connectivity index (χ1v) is 6.19. The van der Waals surface area contributed by atoms with Crippen molar-refractivity contribution in [3.05, 3.63) is 24.3 Å². The van der Waals surface area contributed by atoms with Crippen LogP contribution in [0.1, 0.15) is 25.0 Å². The van der Waals surface area contributed by atoms with Crippen LogP contribution in [0.3, 0.4) is 0 Å². The van der Waals surface area contributed by atoms with Gasteiger partial charge in [-0.15, -0.1) is 11.6 Å². The minimum atomic E-state index is -0.121. The molecule has 2 heterocycles. The summed E-state index contributed by atoms with van der Waals surface area (Å²) in [5.41, 5.74) is 1.94. The molecule has 0 N–H and O–H groups in total. The first-order valence-electron chi connectivity index (χ1n) is 5.76. The molecule has 92 valence electrons. The van der Waals surface area contributed by atoms with Gasteiger partial charge in [-0.3, -0.25) is 4.98 Å². The van der Waals surface area contributed by atoms with Crippen molar-refractivity contribution in [1.29, 1.82) is 0 Å². The highest BCUT2D eigenvalue weighted by atomic mass is 35.5. The monoisotopic (exact) mass is 253 g/mol. The second kappa shape index (κ2) is 5.47. The summed E-state index contributed by atoms with van der Waals surface area (Å²) >= 11 is 6.15. The standard InChI is InChI=1S/C12H16ClN3O/c1-3-17-7-6-16-11-4-5-14-8-10(11)15-12(16)9(2)13/h4-5,8-9H,3,6-7H2,1-2H3. The fourth-order valence-electron chi connectivity index (χ4n) is 1.84. The summed E-state index contributed by atoms with van der Waals surface area (Å²) in [5.74, 6) is 0.870. The number of aromatic nitrogens is 3. The molecule has 0 spiro atoms. The molecule has 0 aliphatic rings. The molecule has 2 aromatic heterocycles. The molecule has 0 saturated heterocycles. The van der Waals surface area contributed by atoms with E-state index in [0.29, 0.717) is 6.61 Å². The Morgan fingerprint density at radius 2 is 2.35 bits per heavy atom. The molecule has 0 saturated carbocycles. The second-order valence-electron chi connectivity index (χ2n) is 3.80. The lowest BCUT2D eigenvalue weighted by Crippen LogP contribution is -2.09. The molecule has 0 aliphatic carbocycles. The Morgan fingerprint density at radius 3 is 3.06 bits per heavy atom. The van der Waals surface area contributed by atoms with Gasteiger partial charge in [0.2, 0.25) is 0 Å². The van der Waals surface area contributed by atoms with Gasteiger partial charge in [-0.25, -0.2) is 4.98 Å². The van der Waals surface area contributed by atoms with Gasteiger partial charge >= 0.3 is 0 Å². The molecule has 0 aliphatic heterocycles. The summed E-state index contributed by atoms with van der Waals surface area (Å²) in [6.07, 6.45) is 3.53. The van der Waals surface area contributed by atoms with Crippen molar-refractivity contribution in [2.75, 3.05) is 13.2 Å². The second-order valence-corrected chi connectivity index (χ2v) is 4.45. The highest BCUT2D eigenvalue weighted by Gasteiger charge is 2.14. The van der Waals surface area contributed by atoms with Crippen molar-refractivity contribution in [3.8, 4) is 0 Å². The number of alkyl halides is 1. The van der Waals surface area contributed by atoms with Gasteiger partial charge in [0.1, 0.15) is 11.3 Å². The number of hydrogen-bond acceptors (Lipinski definition) is 3. The molecule has 17 heavy (non-hydrogen) atoms. The molecule has 0 radical (unpaired) electrons. The molecular formula is C12H16ClN3O. The van der Waals surface area contributed by atoms with E-state index >= 15 is 0 Å². The summed E-state index contributed by atoms with van der Waals surface area (Å²) in [6.45, 7) is 6.07. The highest BCUT2D eigenvalue weighted by molar-refractivity contribution is 6.20. The van der Waals surface area contributed by atoms with Crippen molar-refractivity contribution in [2.45, 2.75) is 25.8 Å². The maximum Gasteiger partial charge on any atom is 0.127 e.